The summed E-state index contributed by atoms with van der Waals surface area (Å²) in [6.07, 6.45) is 4.37. The Bertz CT molecular complexity index is 1510. The summed E-state index contributed by atoms with van der Waals surface area (Å²) >= 11 is 0. The summed E-state index contributed by atoms with van der Waals surface area (Å²) in [5.74, 6) is 1.38. The van der Waals surface area contributed by atoms with Crippen molar-refractivity contribution in [2.75, 3.05) is 0 Å². The number of ketones is 1. The third kappa shape index (κ3) is 4.04. The number of benzene rings is 2. The maximum Gasteiger partial charge on any atom is 0.228 e. The minimum Gasteiger partial charge on any atom is -0.442 e. The van der Waals surface area contributed by atoms with E-state index in [9.17, 15) is 4.79 Å². The van der Waals surface area contributed by atoms with Crippen molar-refractivity contribution in [3.05, 3.63) is 101 Å². The Hall–Kier alpha value is -4.33. The molecule has 2 aromatic heterocycles. The quantitative estimate of drug-likeness (QED) is 0.300. The van der Waals surface area contributed by atoms with Crippen molar-refractivity contribution in [2.45, 2.75) is 39.2 Å². The zero-order valence-electron chi connectivity index (χ0n) is 20.1. The fourth-order valence-electron chi connectivity index (χ4n) is 4.96. The summed E-state index contributed by atoms with van der Waals surface area (Å²) in [6, 6.07) is 19.7. The summed E-state index contributed by atoms with van der Waals surface area (Å²) in [5, 5.41) is 8.56. The van der Waals surface area contributed by atoms with Crippen LogP contribution in [0, 0.1) is 5.41 Å². The first-order chi connectivity index (χ1) is 17.5. The number of Topliss-reactive ketones (excluding diaryl/α,β-unsaturated/α-hetero) is 1. The van der Waals surface area contributed by atoms with E-state index in [1.807, 2.05) is 60.7 Å². The molecule has 180 valence electrons. The van der Waals surface area contributed by atoms with Crippen LogP contribution in [0.2, 0.25) is 0 Å². The van der Waals surface area contributed by atoms with Gasteiger partial charge in [0.25, 0.3) is 0 Å². The molecule has 36 heavy (non-hydrogen) atoms. The highest BCUT2D eigenvalue weighted by Crippen LogP contribution is 2.50. The Morgan fingerprint density at radius 2 is 1.86 bits per heavy atom. The van der Waals surface area contributed by atoms with Gasteiger partial charge in [0.15, 0.2) is 23.9 Å². The van der Waals surface area contributed by atoms with Crippen LogP contribution in [-0.4, -0.2) is 31.6 Å². The number of nitrogens with zero attached hydrogens (tertiary/aromatic N) is 5. The van der Waals surface area contributed by atoms with E-state index in [1.54, 1.807) is 17.1 Å². The van der Waals surface area contributed by atoms with Gasteiger partial charge in [-0.2, -0.15) is 0 Å². The number of carbonyl (C=O) groups excluding carboxylic acids is 1. The molecule has 2 aromatic carbocycles. The van der Waals surface area contributed by atoms with Crippen molar-refractivity contribution >= 4 is 17.6 Å². The molecule has 0 radical (unpaired) electrons. The normalized spacial score (nSPS) is 18.7. The predicted octanol–water partition coefficient (Wildman–Crippen LogP) is 4.84. The minimum absolute atomic E-state index is 0.0950. The second-order valence-electron chi connectivity index (χ2n) is 9.90. The van der Waals surface area contributed by atoms with Crippen molar-refractivity contribution in [3.63, 3.8) is 0 Å². The Morgan fingerprint density at radius 3 is 2.64 bits per heavy atom. The molecule has 0 spiro atoms. The molecule has 4 aromatic rings. The topological polar surface area (TPSA) is 91.0 Å². The monoisotopic (exact) mass is 479 g/mol. The lowest BCUT2D eigenvalue weighted by molar-refractivity contribution is -0.118. The molecular weight excluding hydrogens is 454 g/mol. The summed E-state index contributed by atoms with van der Waals surface area (Å²) in [5.41, 5.74) is 3.77. The number of hydrogen-bond acceptors (Lipinski definition) is 7. The van der Waals surface area contributed by atoms with Gasteiger partial charge in [0.05, 0.1) is 11.8 Å². The summed E-state index contributed by atoms with van der Waals surface area (Å²) < 4.78 is 7.88. The number of aromatic nitrogens is 4. The van der Waals surface area contributed by atoms with Crippen LogP contribution >= 0.6 is 0 Å². The highest BCUT2D eigenvalue weighted by Gasteiger charge is 2.43. The number of fused-ring (bicyclic) bond motifs is 3. The first-order valence-corrected chi connectivity index (χ1v) is 11.9. The van der Waals surface area contributed by atoms with E-state index in [1.165, 1.54) is 0 Å². The maximum atomic E-state index is 13.4. The Morgan fingerprint density at radius 1 is 1.11 bits per heavy atom. The van der Waals surface area contributed by atoms with E-state index < -0.39 is 0 Å². The third-order valence-corrected chi connectivity index (χ3v) is 6.51. The van der Waals surface area contributed by atoms with Crippen molar-refractivity contribution in [2.24, 2.45) is 10.6 Å². The lowest BCUT2D eigenvalue weighted by atomic mass is 9.70. The minimum atomic E-state index is -0.334. The summed E-state index contributed by atoms with van der Waals surface area (Å²) in [7, 11) is 0. The number of ether oxygens (including phenoxy) is 1. The Kier molecular flexibility index (Phi) is 5.36. The zero-order valence-corrected chi connectivity index (χ0v) is 20.1. The van der Waals surface area contributed by atoms with E-state index in [2.05, 4.69) is 29.1 Å². The van der Waals surface area contributed by atoms with E-state index in [0.29, 0.717) is 41.5 Å². The second kappa shape index (κ2) is 8.71. The molecule has 0 amide bonds. The zero-order chi connectivity index (χ0) is 24.7. The Labute approximate surface area is 208 Å². The molecule has 1 aliphatic heterocycles. The first kappa shape index (κ1) is 22.2. The largest absolute Gasteiger partial charge is 0.442 e. The lowest BCUT2D eigenvalue weighted by Gasteiger charge is -2.37. The van der Waals surface area contributed by atoms with Gasteiger partial charge in [0.1, 0.15) is 12.1 Å². The number of hydrogen-bond donors (Lipinski definition) is 0. The van der Waals surface area contributed by atoms with Gasteiger partial charge in [0.2, 0.25) is 5.88 Å². The van der Waals surface area contributed by atoms with Gasteiger partial charge in [0, 0.05) is 24.3 Å². The van der Waals surface area contributed by atoms with Gasteiger partial charge < -0.3 is 9.57 Å². The van der Waals surface area contributed by atoms with Crippen LogP contribution in [0.1, 0.15) is 55.1 Å². The molecule has 0 unspecified atom stereocenters. The highest BCUT2D eigenvalue weighted by molar-refractivity contribution is 6.00. The molecule has 0 saturated carbocycles. The highest BCUT2D eigenvalue weighted by atomic mass is 16.6. The van der Waals surface area contributed by atoms with Crippen molar-refractivity contribution in [1.82, 2.24) is 19.6 Å². The van der Waals surface area contributed by atoms with Gasteiger partial charge in [-0.3, -0.25) is 4.79 Å². The molecule has 0 bridgehead atoms. The van der Waals surface area contributed by atoms with Gasteiger partial charge in [-0.05, 0) is 16.5 Å². The summed E-state index contributed by atoms with van der Waals surface area (Å²) in [4.78, 5) is 28.2. The molecule has 1 atom stereocenters. The second-order valence-corrected chi connectivity index (χ2v) is 9.90. The first-order valence-electron chi connectivity index (χ1n) is 11.9. The van der Waals surface area contributed by atoms with Gasteiger partial charge in [-0.25, -0.2) is 14.5 Å². The molecule has 3 heterocycles. The van der Waals surface area contributed by atoms with E-state index in [0.717, 1.165) is 16.7 Å². The van der Waals surface area contributed by atoms with Crippen LogP contribution in [0.3, 0.4) is 0 Å². The molecule has 2 aliphatic rings. The fourth-order valence-corrected chi connectivity index (χ4v) is 4.96. The van der Waals surface area contributed by atoms with Gasteiger partial charge in [-0.15, -0.1) is 5.10 Å². The van der Waals surface area contributed by atoms with Crippen LogP contribution in [0.5, 0.6) is 5.88 Å². The van der Waals surface area contributed by atoms with E-state index >= 15 is 0 Å². The number of allylic oxidation sites excluding steroid dienone is 2. The fraction of sp³-hybridized carbons (Fsp3) is 0.250. The molecule has 0 N–H and O–H groups in total. The maximum absolute atomic E-state index is 13.4. The van der Waals surface area contributed by atoms with Gasteiger partial charge >= 0.3 is 0 Å². The predicted molar refractivity (Wildman–Crippen MR) is 134 cm³/mol. The van der Waals surface area contributed by atoms with Crippen LogP contribution in [0.15, 0.2) is 83.5 Å². The van der Waals surface area contributed by atoms with Crippen LogP contribution in [-0.2, 0) is 16.2 Å². The molecule has 6 rings (SSSR count). The summed E-state index contributed by atoms with van der Waals surface area (Å²) in [6.45, 7) is 4.28. The lowest BCUT2D eigenvalue weighted by Crippen LogP contribution is -2.33. The van der Waals surface area contributed by atoms with Crippen LogP contribution in [0.25, 0.3) is 5.65 Å². The van der Waals surface area contributed by atoms with Crippen LogP contribution < -0.4 is 4.74 Å². The van der Waals surface area contributed by atoms with E-state index in [-0.39, 0.29) is 23.7 Å². The molecule has 0 fully saturated rings. The van der Waals surface area contributed by atoms with Gasteiger partial charge in [-0.1, -0.05) is 79.7 Å². The average molecular weight is 480 g/mol. The standard InChI is InChI=1S/C28H25N5O3/c1-28(2)13-20(34)24-21(14-28)36-27-25(23(24)19-11-7-4-8-12-19)26-31-22(32-33(26)17-29-27)16-35-30-15-18-9-5-3-6-10-18/h3-12,15,17,23H,13-14,16H2,1-2H3/b30-15-/t23-/m0/s1. The van der Waals surface area contributed by atoms with Crippen LogP contribution in [0.4, 0.5) is 0 Å². The molecule has 8 nitrogen and oxygen atoms in total. The number of oxime groups is 1. The average Bonchev–Trinajstić information content (AvgIpc) is 3.29. The Balaban J connectivity index is 1.39. The molecular formula is C28H25N5O3. The van der Waals surface area contributed by atoms with Crippen molar-refractivity contribution in [1.29, 1.82) is 0 Å². The smallest absolute Gasteiger partial charge is 0.228 e. The number of carbonyl (C=O) groups is 1. The van der Waals surface area contributed by atoms with Crippen molar-refractivity contribution in [3.8, 4) is 5.88 Å². The molecule has 8 heteroatoms. The van der Waals surface area contributed by atoms with E-state index in [4.69, 9.17) is 14.6 Å². The van der Waals surface area contributed by atoms with Crippen molar-refractivity contribution < 1.29 is 14.4 Å². The number of rotatable bonds is 5. The SMILES string of the molecule is CC1(C)CC(=O)C2=C(C1)Oc1ncn3nc(CO/N=C\c4ccccc4)nc3c1[C@H]2c1ccccc1. The molecule has 0 saturated heterocycles. The third-order valence-electron chi connectivity index (χ3n) is 6.51. The molecule has 1 aliphatic carbocycles.